The van der Waals surface area contributed by atoms with Gasteiger partial charge in [-0.05, 0) is 69.2 Å². The van der Waals surface area contributed by atoms with Gasteiger partial charge in [-0.1, -0.05) is 32.1 Å². The van der Waals surface area contributed by atoms with Crippen molar-refractivity contribution in [3.05, 3.63) is 59.8 Å². The van der Waals surface area contributed by atoms with E-state index in [-0.39, 0.29) is 0 Å². The Hall–Kier alpha value is -3.53. The molecule has 34 heavy (non-hydrogen) atoms. The van der Waals surface area contributed by atoms with E-state index in [0.717, 1.165) is 22.7 Å². The number of aromatic nitrogens is 5. The van der Waals surface area contributed by atoms with Gasteiger partial charge in [-0.3, -0.25) is 0 Å². The summed E-state index contributed by atoms with van der Waals surface area (Å²) < 4.78 is 6.33. The number of hydrogen-bond donors (Lipinski definition) is 0. The maximum atomic E-state index is 12.5. The zero-order valence-corrected chi connectivity index (χ0v) is 20.9. The van der Waals surface area contributed by atoms with Crippen molar-refractivity contribution in [2.24, 2.45) is 5.41 Å². The number of carbonyl (C=O) groups excluding carboxylic acids is 2. The molecule has 0 amide bonds. The average molecular weight is 526 g/mol. The topological polar surface area (TPSA) is 101 Å². The molecule has 10 heteroatoms. The summed E-state index contributed by atoms with van der Waals surface area (Å²) in [6, 6.07) is 12.7. The number of rotatable bonds is 6. The molecule has 0 atom stereocenters. The molecule has 2 aromatic carbocycles. The quantitative estimate of drug-likeness (QED) is 0.277. The van der Waals surface area contributed by atoms with Crippen molar-refractivity contribution in [2.75, 3.05) is 12.4 Å². The SMILES string of the molecule is COC(=O)c1ccc(-n2cc(-c3nn(OC(=O)C(C)(C)C)c4ccc(CCBr)cc34)nn2)cc1. The minimum atomic E-state index is -0.687. The average Bonchev–Trinajstić information content (AvgIpc) is 3.43. The lowest BCUT2D eigenvalue weighted by molar-refractivity contribution is -0.154. The highest BCUT2D eigenvalue weighted by molar-refractivity contribution is 9.09. The summed E-state index contributed by atoms with van der Waals surface area (Å²) in [4.78, 5) is 31.0. The molecule has 0 aliphatic rings. The van der Waals surface area contributed by atoms with Gasteiger partial charge in [-0.15, -0.1) is 10.2 Å². The maximum absolute atomic E-state index is 12.5. The van der Waals surface area contributed by atoms with Gasteiger partial charge < -0.3 is 9.57 Å². The van der Waals surface area contributed by atoms with E-state index in [0.29, 0.717) is 28.2 Å². The molecule has 0 aliphatic heterocycles. The number of methoxy groups -OCH3 is 1. The molecule has 0 fully saturated rings. The lowest BCUT2D eigenvalue weighted by Crippen LogP contribution is -2.31. The molecule has 176 valence electrons. The summed E-state index contributed by atoms with van der Waals surface area (Å²) >= 11 is 3.48. The first-order chi connectivity index (χ1) is 16.2. The van der Waals surface area contributed by atoms with Crippen molar-refractivity contribution in [3.8, 4) is 17.1 Å². The van der Waals surface area contributed by atoms with Gasteiger partial charge in [0.15, 0.2) is 0 Å². The number of esters is 1. The van der Waals surface area contributed by atoms with Gasteiger partial charge in [0.1, 0.15) is 16.9 Å². The number of alkyl halides is 1. The summed E-state index contributed by atoms with van der Waals surface area (Å²) in [6.45, 7) is 5.35. The van der Waals surface area contributed by atoms with Gasteiger partial charge in [-0.25, -0.2) is 14.3 Å². The fourth-order valence-corrected chi connectivity index (χ4v) is 3.70. The van der Waals surface area contributed by atoms with Crippen LogP contribution < -0.4 is 4.84 Å². The highest BCUT2D eigenvalue weighted by Gasteiger charge is 2.26. The minimum Gasteiger partial charge on any atom is -0.465 e. The lowest BCUT2D eigenvalue weighted by Gasteiger charge is -2.15. The van der Waals surface area contributed by atoms with Crippen LogP contribution in [-0.4, -0.2) is 49.3 Å². The zero-order valence-electron chi connectivity index (χ0n) is 19.3. The van der Waals surface area contributed by atoms with Crippen LogP contribution in [0.2, 0.25) is 0 Å². The molecule has 0 aliphatic carbocycles. The highest BCUT2D eigenvalue weighted by atomic mass is 79.9. The van der Waals surface area contributed by atoms with Crippen LogP contribution in [0.25, 0.3) is 28.0 Å². The number of aryl methyl sites for hydroxylation is 1. The molecular formula is C24H24BrN5O4. The van der Waals surface area contributed by atoms with Gasteiger partial charge in [0.05, 0.1) is 30.0 Å². The second-order valence-corrected chi connectivity index (χ2v) is 9.52. The smallest absolute Gasteiger partial charge is 0.340 e. The third kappa shape index (κ3) is 4.72. The summed E-state index contributed by atoms with van der Waals surface area (Å²) in [6.07, 6.45) is 2.57. The molecule has 4 aromatic rings. The van der Waals surface area contributed by atoms with Crippen molar-refractivity contribution >= 4 is 38.8 Å². The number of halogens is 1. The molecule has 0 saturated heterocycles. The molecule has 0 N–H and O–H groups in total. The molecule has 0 unspecified atom stereocenters. The molecular weight excluding hydrogens is 502 g/mol. The fourth-order valence-electron chi connectivity index (χ4n) is 3.24. The molecule has 0 radical (unpaired) electrons. The molecule has 0 saturated carbocycles. The zero-order chi connectivity index (χ0) is 24.5. The monoisotopic (exact) mass is 525 g/mol. The number of carbonyl (C=O) groups is 2. The number of ether oxygens (including phenoxy) is 1. The van der Waals surface area contributed by atoms with Crippen molar-refractivity contribution < 1.29 is 19.2 Å². The van der Waals surface area contributed by atoms with Crippen LogP contribution in [0.15, 0.2) is 48.7 Å². The van der Waals surface area contributed by atoms with E-state index in [2.05, 4.69) is 31.3 Å². The van der Waals surface area contributed by atoms with E-state index in [4.69, 9.17) is 9.57 Å². The fraction of sp³-hybridized carbons (Fsp3) is 0.292. The number of benzene rings is 2. The minimum absolute atomic E-state index is 0.401. The van der Waals surface area contributed by atoms with Gasteiger partial charge in [0, 0.05) is 10.7 Å². The Balaban J connectivity index is 1.75. The predicted octanol–water partition coefficient (Wildman–Crippen LogP) is 4.01. The van der Waals surface area contributed by atoms with Crippen LogP contribution in [0.1, 0.15) is 36.7 Å². The Bertz CT molecular complexity index is 1350. The van der Waals surface area contributed by atoms with Crippen LogP contribution in [-0.2, 0) is 16.0 Å². The van der Waals surface area contributed by atoms with E-state index in [1.165, 1.54) is 12.0 Å². The van der Waals surface area contributed by atoms with Crippen molar-refractivity contribution in [1.29, 1.82) is 0 Å². The second-order valence-electron chi connectivity index (χ2n) is 8.73. The van der Waals surface area contributed by atoms with Crippen LogP contribution in [0.4, 0.5) is 0 Å². The van der Waals surface area contributed by atoms with Gasteiger partial charge in [-0.2, -0.15) is 0 Å². The van der Waals surface area contributed by atoms with E-state index >= 15 is 0 Å². The Morgan fingerprint density at radius 1 is 1.09 bits per heavy atom. The van der Waals surface area contributed by atoms with Gasteiger partial charge in [0.2, 0.25) is 0 Å². The number of fused-ring (bicyclic) bond motifs is 1. The van der Waals surface area contributed by atoms with Crippen molar-refractivity contribution in [3.63, 3.8) is 0 Å². The normalized spacial score (nSPS) is 11.6. The van der Waals surface area contributed by atoms with Crippen molar-refractivity contribution in [2.45, 2.75) is 27.2 Å². The molecule has 0 bridgehead atoms. The summed E-state index contributed by atoms with van der Waals surface area (Å²) in [5, 5.41) is 14.7. The maximum Gasteiger partial charge on any atom is 0.340 e. The largest absolute Gasteiger partial charge is 0.465 e. The first kappa shape index (κ1) is 23.6. The van der Waals surface area contributed by atoms with Crippen LogP contribution in [0.5, 0.6) is 0 Å². The third-order valence-corrected chi connectivity index (χ3v) is 5.56. The van der Waals surface area contributed by atoms with Gasteiger partial charge >= 0.3 is 11.9 Å². The summed E-state index contributed by atoms with van der Waals surface area (Å²) in [5.41, 5.74) is 3.30. The van der Waals surface area contributed by atoms with E-state index in [1.807, 2.05) is 18.2 Å². The van der Waals surface area contributed by atoms with E-state index in [1.54, 1.807) is 55.9 Å². The molecule has 4 rings (SSSR count). The Labute approximate surface area is 204 Å². The van der Waals surface area contributed by atoms with Crippen LogP contribution in [0.3, 0.4) is 0 Å². The first-order valence-electron chi connectivity index (χ1n) is 10.6. The highest BCUT2D eigenvalue weighted by Crippen LogP contribution is 2.28. The van der Waals surface area contributed by atoms with Crippen molar-refractivity contribution in [1.82, 2.24) is 24.9 Å². The molecule has 2 aromatic heterocycles. The number of nitrogens with zero attached hydrogens (tertiary/aromatic N) is 5. The molecule has 2 heterocycles. The van der Waals surface area contributed by atoms with Crippen LogP contribution in [0, 0.1) is 5.41 Å². The van der Waals surface area contributed by atoms with Gasteiger partial charge in [0.25, 0.3) is 0 Å². The summed E-state index contributed by atoms with van der Waals surface area (Å²) in [7, 11) is 1.34. The van der Waals surface area contributed by atoms with E-state index < -0.39 is 17.4 Å². The predicted molar refractivity (Wildman–Crippen MR) is 130 cm³/mol. The second kappa shape index (κ2) is 9.38. The lowest BCUT2D eigenvalue weighted by atomic mass is 9.98. The molecule has 9 nitrogen and oxygen atoms in total. The van der Waals surface area contributed by atoms with E-state index in [9.17, 15) is 9.59 Å². The number of hydrogen-bond acceptors (Lipinski definition) is 7. The van der Waals surface area contributed by atoms with Crippen LogP contribution >= 0.6 is 15.9 Å². The Morgan fingerprint density at radius 2 is 1.82 bits per heavy atom. The third-order valence-electron chi connectivity index (χ3n) is 5.17. The Kier molecular flexibility index (Phi) is 6.52. The molecule has 0 spiro atoms. The summed E-state index contributed by atoms with van der Waals surface area (Å²) in [5.74, 6) is -0.811. The standard InChI is InChI=1S/C24H24BrN5O4/c1-24(2,3)23(32)34-30-20-10-5-15(11-12-25)13-18(20)21(27-30)19-14-29(28-26-19)17-8-6-16(7-9-17)22(31)33-4/h5-10,13-14H,11-12H2,1-4H3. The Morgan fingerprint density at radius 3 is 2.47 bits per heavy atom. The first-order valence-corrected chi connectivity index (χ1v) is 11.8.